The van der Waals surface area contributed by atoms with Gasteiger partial charge in [0, 0.05) is 7.11 Å². The Kier molecular flexibility index (Phi) is 6.64. The number of aliphatic hydroxyl groups excluding tert-OH is 1. The molecule has 0 aliphatic carbocycles. The van der Waals surface area contributed by atoms with Crippen LogP contribution in [0.1, 0.15) is 18.6 Å². The Labute approximate surface area is 106 Å². The van der Waals surface area contributed by atoms with Crippen LogP contribution in [0.15, 0.2) is 18.2 Å². The number of hydrogen-bond donors (Lipinski definition) is 1. The van der Waals surface area contributed by atoms with Crippen molar-refractivity contribution in [3.8, 4) is 5.75 Å². The molecule has 0 heterocycles. The summed E-state index contributed by atoms with van der Waals surface area (Å²) >= 11 is 0. The first-order valence-corrected chi connectivity index (χ1v) is 5.82. The number of ether oxygens (including phenoxy) is 3. The molecule has 0 spiro atoms. The lowest BCUT2D eigenvalue weighted by atomic mass is 10.1. The van der Waals surface area contributed by atoms with E-state index in [2.05, 4.69) is 0 Å². The fourth-order valence-electron chi connectivity index (χ4n) is 1.35. The molecule has 0 fully saturated rings. The Morgan fingerprint density at radius 3 is 2.56 bits per heavy atom. The lowest BCUT2D eigenvalue weighted by Crippen LogP contribution is -2.10. The molecule has 1 atom stereocenters. The van der Waals surface area contributed by atoms with Crippen LogP contribution in [0, 0.1) is 5.82 Å². The Bertz CT molecular complexity index is 355. The lowest BCUT2D eigenvalue weighted by molar-refractivity contribution is 0.0538. The van der Waals surface area contributed by atoms with Crippen molar-refractivity contribution in [3.63, 3.8) is 0 Å². The largest absolute Gasteiger partial charge is 0.488 e. The summed E-state index contributed by atoms with van der Waals surface area (Å²) in [6.45, 7) is 3.25. The van der Waals surface area contributed by atoms with E-state index < -0.39 is 11.9 Å². The van der Waals surface area contributed by atoms with Crippen molar-refractivity contribution in [2.45, 2.75) is 13.0 Å². The topological polar surface area (TPSA) is 47.9 Å². The molecule has 102 valence electrons. The average Bonchev–Trinajstić information content (AvgIpc) is 2.35. The van der Waals surface area contributed by atoms with Crippen LogP contribution in [0.5, 0.6) is 5.75 Å². The van der Waals surface area contributed by atoms with Crippen molar-refractivity contribution >= 4 is 0 Å². The van der Waals surface area contributed by atoms with E-state index in [0.29, 0.717) is 25.4 Å². The first-order valence-electron chi connectivity index (χ1n) is 5.82. The van der Waals surface area contributed by atoms with Crippen molar-refractivity contribution in [2.24, 2.45) is 0 Å². The highest BCUT2D eigenvalue weighted by atomic mass is 19.1. The van der Waals surface area contributed by atoms with E-state index in [4.69, 9.17) is 14.2 Å². The van der Waals surface area contributed by atoms with E-state index in [0.717, 1.165) is 0 Å². The normalized spacial score (nSPS) is 12.4. The van der Waals surface area contributed by atoms with Crippen LogP contribution in [0.4, 0.5) is 4.39 Å². The van der Waals surface area contributed by atoms with E-state index >= 15 is 0 Å². The van der Waals surface area contributed by atoms with Gasteiger partial charge < -0.3 is 19.3 Å². The second-order valence-corrected chi connectivity index (χ2v) is 3.82. The summed E-state index contributed by atoms with van der Waals surface area (Å²) in [6, 6.07) is 4.41. The molecule has 4 nitrogen and oxygen atoms in total. The minimum absolute atomic E-state index is 0.162. The molecule has 1 aromatic carbocycles. The van der Waals surface area contributed by atoms with Gasteiger partial charge >= 0.3 is 0 Å². The maximum atomic E-state index is 13.5. The van der Waals surface area contributed by atoms with Crippen molar-refractivity contribution in [3.05, 3.63) is 29.6 Å². The van der Waals surface area contributed by atoms with Gasteiger partial charge in [-0.05, 0) is 24.6 Å². The highest BCUT2D eigenvalue weighted by Crippen LogP contribution is 2.21. The molecule has 5 heteroatoms. The average molecular weight is 258 g/mol. The number of methoxy groups -OCH3 is 1. The maximum absolute atomic E-state index is 13.5. The van der Waals surface area contributed by atoms with Crippen molar-refractivity contribution < 1.29 is 23.7 Å². The summed E-state index contributed by atoms with van der Waals surface area (Å²) in [4.78, 5) is 0. The summed E-state index contributed by atoms with van der Waals surface area (Å²) < 4.78 is 28.8. The number of rotatable bonds is 8. The van der Waals surface area contributed by atoms with Crippen LogP contribution in [0.3, 0.4) is 0 Å². The van der Waals surface area contributed by atoms with Gasteiger partial charge in [0.1, 0.15) is 6.61 Å². The number of aliphatic hydroxyl groups is 1. The van der Waals surface area contributed by atoms with E-state index in [1.54, 1.807) is 20.1 Å². The zero-order valence-electron chi connectivity index (χ0n) is 10.7. The molecule has 1 aromatic rings. The Hall–Kier alpha value is -1.17. The van der Waals surface area contributed by atoms with Gasteiger partial charge in [-0.3, -0.25) is 0 Å². The van der Waals surface area contributed by atoms with Gasteiger partial charge in [-0.1, -0.05) is 6.07 Å². The third-order valence-electron chi connectivity index (χ3n) is 2.36. The molecule has 0 aromatic heterocycles. The van der Waals surface area contributed by atoms with E-state index in [9.17, 15) is 9.50 Å². The maximum Gasteiger partial charge on any atom is 0.165 e. The summed E-state index contributed by atoms with van der Waals surface area (Å²) in [6.07, 6.45) is -0.689. The van der Waals surface area contributed by atoms with Crippen LogP contribution in [-0.2, 0) is 9.47 Å². The van der Waals surface area contributed by atoms with Crippen LogP contribution in [-0.4, -0.2) is 38.6 Å². The highest BCUT2D eigenvalue weighted by molar-refractivity contribution is 5.30. The van der Waals surface area contributed by atoms with Crippen molar-refractivity contribution in [1.82, 2.24) is 0 Å². The van der Waals surface area contributed by atoms with Crippen LogP contribution in [0.2, 0.25) is 0 Å². The van der Waals surface area contributed by atoms with Crippen LogP contribution in [0.25, 0.3) is 0 Å². The van der Waals surface area contributed by atoms with Gasteiger partial charge in [-0.2, -0.15) is 0 Å². The molecule has 18 heavy (non-hydrogen) atoms. The van der Waals surface area contributed by atoms with Gasteiger partial charge in [0.05, 0.1) is 25.9 Å². The third kappa shape index (κ3) is 5.00. The quantitative estimate of drug-likeness (QED) is 0.724. The Morgan fingerprint density at radius 2 is 1.94 bits per heavy atom. The summed E-state index contributed by atoms with van der Waals surface area (Å²) in [5, 5.41) is 9.30. The third-order valence-corrected chi connectivity index (χ3v) is 2.36. The molecule has 1 rings (SSSR count). The Balaban J connectivity index is 2.34. The first kappa shape index (κ1) is 14.9. The van der Waals surface area contributed by atoms with Crippen LogP contribution >= 0.6 is 0 Å². The molecule has 0 saturated heterocycles. The predicted octanol–water partition coefficient (Wildman–Crippen LogP) is 1.92. The first-order chi connectivity index (χ1) is 8.65. The summed E-state index contributed by atoms with van der Waals surface area (Å²) in [5.41, 5.74) is 0.524. The molecular formula is C13H19FO4. The van der Waals surface area contributed by atoms with Gasteiger partial charge in [0.25, 0.3) is 0 Å². The van der Waals surface area contributed by atoms with E-state index in [1.807, 2.05) is 0 Å². The standard InChI is InChI=1S/C13H19FO4/c1-10(15)11-3-4-13(12(14)9-11)18-8-7-17-6-5-16-2/h3-4,9-10,15H,5-8H2,1-2H3/t10-/m0/s1. The second-order valence-electron chi connectivity index (χ2n) is 3.82. The van der Waals surface area contributed by atoms with Gasteiger partial charge in [0.2, 0.25) is 0 Å². The van der Waals surface area contributed by atoms with Gasteiger partial charge in [-0.25, -0.2) is 4.39 Å². The summed E-state index contributed by atoms with van der Waals surface area (Å²) in [5.74, 6) is -0.319. The Morgan fingerprint density at radius 1 is 1.22 bits per heavy atom. The molecule has 0 saturated carbocycles. The smallest absolute Gasteiger partial charge is 0.165 e. The van der Waals surface area contributed by atoms with Crippen molar-refractivity contribution in [1.29, 1.82) is 0 Å². The molecular weight excluding hydrogens is 239 g/mol. The number of halogens is 1. The monoisotopic (exact) mass is 258 g/mol. The molecule has 0 unspecified atom stereocenters. The zero-order chi connectivity index (χ0) is 13.4. The van der Waals surface area contributed by atoms with E-state index in [-0.39, 0.29) is 12.4 Å². The number of hydrogen-bond acceptors (Lipinski definition) is 4. The van der Waals surface area contributed by atoms with Gasteiger partial charge in [-0.15, -0.1) is 0 Å². The van der Waals surface area contributed by atoms with Crippen LogP contribution < -0.4 is 4.74 Å². The number of benzene rings is 1. The predicted molar refractivity (Wildman–Crippen MR) is 65.2 cm³/mol. The van der Waals surface area contributed by atoms with Gasteiger partial charge in [0.15, 0.2) is 11.6 Å². The second kappa shape index (κ2) is 8.02. The minimum atomic E-state index is -0.689. The molecule has 0 aliphatic rings. The lowest BCUT2D eigenvalue weighted by Gasteiger charge is -2.10. The van der Waals surface area contributed by atoms with Crippen molar-refractivity contribution in [2.75, 3.05) is 33.5 Å². The highest BCUT2D eigenvalue weighted by Gasteiger charge is 2.07. The molecule has 1 N–H and O–H groups in total. The fourth-order valence-corrected chi connectivity index (χ4v) is 1.35. The SMILES string of the molecule is COCCOCCOc1ccc([C@H](C)O)cc1F. The molecule has 0 radical (unpaired) electrons. The molecule has 0 bridgehead atoms. The minimum Gasteiger partial charge on any atom is -0.488 e. The zero-order valence-corrected chi connectivity index (χ0v) is 10.7. The molecule has 0 amide bonds. The molecule has 0 aliphatic heterocycles. The van der Waals surface area contributed by atoms with E-state index in [1.165, 1.54) is 12.1 Å². The fraction of sp³-hybridized carbons (Fsp3) is 0.538. The summed E-state index contributed by atoms with van der Waals surface area (Å²) in [7, 11) is 1.60.